The third-order valence-electron chi connectivity index (χ3n) is 3.38. The van der Waals surface area contributed by atoms with Crippen LogP contribution in [0, 0.1) is 5.41 Å². The highest BCUT2D eigenvalue weighted by Crippen LogP contribution is 2.29. The average molecular weight is 251 g/mol. The first-order chi connectivity index (χ1) is 8.50. The van der Waals surface area contributed by atoms with Crippen molar-refractivity contribution >= 4 is 5.91 Å². The lowest BCUT2D eigenvalue weighted by Crippen LogP contribution is -2.39. The van der Waals surface area contributed by atoms with E-state index in [1.807, 2.05) is 6.07 Å². The quantitative estimate of drug-likeness (QED) is 0.485. The molecule has 0 aromatic carbocycles. The zero-order valence-corrected chi connectivity index (χ0v) is 11.0. The number of amides is 1. The van der Waals surface area contributed by atoms with E-state index in [0.717, 1.165) is 25.4 Å². The minimum absolute atomic E-state index is 0.267. The van der Waals surface area contributed by atoms with Gasteiger partial charge in [0.1, 0.15) is 5.76 Å². The molecule has 18 heavy (non-hydrogen) atoms. The van der Waals surface area contributed by atoms with Gasteiger partial charge in [0.15, 0.2) is 5.76 Å². The molecular weight excluding hydrogens is 230 g/mol. The lowest BCUT2D eigenvalue weighted by atomic mass is 9.84. The predicted molar refractivity (Wildman–Crippen MR) is 68.7 cm³/mol. The van der Waals surface area contributed by atoms with Crippen molar-refractivity contribution < 1.29 is 9.21 Å². The van der Waals surface area contributed by atoms with Crippen LogP contribution in [-0.2, 0) is 6.54 Å². The summed E-state index contributed by atoms with van der Waals surface area (Å²) in [7, 11) is 0. The summed E-state index contributed by atoms with van der Waals surface area (Å²) < 4.78 is 5.47. The molecule has 5 nitrogen and oxygen atoms in total. The van der Waals surface area contributed by atoms with Crippen LogP contribution in [-0.4, -0.2) is 23.9 Å². The van der Waals surface area contributed by atoms with Gasteiger partial charge in [0.25, 0.3) is 0 Å². The van der Waals surface area contributed by atoms with E-state index in [4.69, 9.17) is 10.3 Å². The number of carbonyl (C=O) groups is 1. The van der Waals surface area contributed by atoms with Crippen molar-refractivity contribution in [1.29, 1.82) is 0 Å². The maximum absolute atomic E-state index is 11.3. The van der Waals surface area contributed by atoms with Crippen LogP contribution in [0.4, 0.5) is 0 Å². The highest BCUT2D eigenvalue weighted by molar-refractivity contribution is 5.90. The number of nitrogens with one attached hydrogen (secondary N) is 1. The molecule has 2 heterocycles. The Kier molecular flexibility index (Phi) is 3.73. The summed E-state index contributed by atoms with van der Waals surface area (Å²) in [6.07, 6.45) is 2.48. The minimum Gasteiger partial charge on any atom is -0.455 e. The second-order valence-corrected chi connectivity index (χ2v) is 5.72. The van der Waals surface area contributed by atoms with Crippen LogP contribution in [0.1, 0.15) is 43.0 Å². The molecule has 1 aliphatic rings. The smallest absolute Gasteiger partial charge is 0.300 e. The molecule has 1 aromatic heterocycles. The third kappa shape index (κ3) is 3.11. The molecule has 0 saturated carbocycles. The minimum atomic E-state index is -0.389. The van der Waals surface area contributed by atoms with Gasteiger partial charge in [-0.1, -0.05) is 13.8 Å². The van der Waals surface area contributed by atoms with Crippen LogP contribution in [0.15, 0.2) is 16.5 Å². The molecule has 1 saturated heterocycles. The number of piperidine rings is 1. The topological polar surface area (TPSA) is 71.5 Å². The largest absolute Gasteiger partial charge is 0.455 e. The van der Waals surface area contributed by atoms with Gasteiger partial charge >= 0.3 is 5.91 Å². The fraction of sp³-hybridized carbons (Fsp3) is 0.615. The molecule has 100 valence electrons. The standard InChI is InChI=1S/C13H21N3O2/c1-13(2)6-3-7-16(9-13)8-10-4-5-11(18-10)12(17)15-14/h4-5H,3,6-9,14H2,1-2H3,(H,15,17). The monoisotopic (exact) mass is 251 g/mol. The summed E-state index contributed by atoms with van der Waals surface area (Å²) in [5.74, 6) is 5.75. The number of furan rings is 1. The molecule has 2 rings (SSSR count). The molecule has 1 fully saturated rings. The Morgan fingerprint density at radius 1 is 1.56 bits per heavy atom. The normalized spacial score (nSPS) is 19.7. The summed E-state index contributed by atoms with van der Waals surface area (Å²) in [5, 5.41) is 0. The number of nitrogens with zero attached hydrogens (tertiary/aromatic N) is 1. The number of hydrazine groups is 1. The van der Waals surface area contributed by atoms with Gasteiger partial charge in [-0.25, -0.2) is 5.84 Å². The molecule has 0 unspecified atom stereocenters. The van der Waals surface area contributed by atoms with Gasteiger partial charge in [-0.2, -0.15) is 0 Å². The van der Waals surface area contributed by atoms with Gasteiger partial charge in [-0.3, -0.25) is 15.1 Å². The molecule has 0 bridgehead atoms. The zero-order valence-electron chi connectivity index (χ0n) is 11.0. The third-order valence-corrected chi connectivity index (χ3v) is 3.38. The lowest BCUT2D eigenvalue weighted by Gasteiger charge is -2.37. The second kappa shape index (κ2) is 5.12. The molecule has 1 amide bonds. The van der Waals surface area contributed by atoms with Crippen molar-refractivity contribution in [2.24, 2.45) is 11.3 Å². The maximum Gasteiger partial charge on any atom is 0.300 e. The number of likely N-dealkylation sites (tertiary alicyclic amines) is 1. The van der Waals surface area contributed by atoms with Crippen molar-refractivity contribution in [3.8, 4) is 0 Å². The zero-order chi connectivity index (χ0) is 13.2. The van der Waals surface area contributed by atoms with E-state index < -0.39 is 0 Å². The number of carbonyl (C=O) groups excluding carboxylic acids is 1. The summed E-state index contributed by atoms with van der Waals surface area (Å²) in [6, 6.07) is 3.50. The van der Waals surface area contributed by atoms with E-state index in [-0.39, 0.29) is 11.7 Å². The van der Waals surface area contributed by atoms with Gasteiger partial charge in [0.05, 0.1) is 6.54 Å². The van der Waals surface area contributed by atoms with Crippen LogP contribution in [0.25, 0.3) is 0 Å². The first-order valence-electron chi connectivity index (χ1n) is 6.32. The van der Waals surface area contributed by atoms with E-state index >= 15 is 0 Å². The number of nitrogen functional groups attached to an aromatic ring is 1. The molecule has 0 aliphatic carbocycles. The van der Waals surface area contributed by atoms with Crippen molar-refractivity contribution in [1.82, 2.24) is 10.3 Å². The van der Waals surface area contributed by atoms with E-state index in [0.29, 0.717) is 5.41 Å². The van der Waals surface area contributed by atoms with Crippen LogP contribution in [0.2, 0.25) is 0 Å². The molecular formula is C13H21N3O2. The van der Waals surface area contributed by atoms with Crippen molar-refractivity contribution in [3.05, 3.63) is 23.7 Å². The van der Waals surface area contributed by atoms with Crippen molar-refractivity contribution in [2.75, 3.05) is 13.1 Å². The van der Waals surface area contributed by atoms with Crippen molar-refractivity contribution in [2.45, 2.75) is 33.2 Å². The van der Waals surface area contributed by atoms with Gasteiger partial charge in [-0.15, -0.1) is 0 Å². The number of hydrogen-bond donors (Lipinski definition) is 2. The average Bonchev–Trinajstić information content (AvgIpc) is 2.75. The second-order valence-electron chi connectivity index (χ2n) is 5.72. The van der Waals surface area contributed by atoms with Gasteiger partial charge in [0, 0.05) is 6.54 Å². The maximum atomic E-state index is 11.3. The SMILES string of the molecule is CC1(C)CCCN(Cc2ccc(C(=O)NN)o2)C1. The first-order valence-corrected chi connectivity index (χ1v) is 6.32. The van der Waals surface area contributed by atoms with Gasteiger partial charge in [0.2, 0.25) is 0 Å². The number of rotatable bonds is 3. The van der Waals surface area contributed by atoms with Gasteiger partial charge in [-0.05, 0) is 36.9 Å². The first kappa shape index (κ1) is 13.1. The van der Waals surface area contributed by atoms with Gasteiger partial charge < -0.3 is 4.42 Å². The molecule has 1 aliphatic heterocycles. The molecule has 0 spiro atoms. The Balaban J connectivity index is 1.97. The summed E-state index contributed by atoms with van der Waals surface area (Å²) in [5.41, 5.74) is 2.43. The van der Waals surface area contributed by atoms with Crippen molar-refractivity contribution in [3.63, 3.8) is 0 Å². The Labute approximate surface area is 107 Å². The van der Waals surface area contributed by atoms with E-state index in [2.05, 4.69) is 24.2 Å². The fourth-order valence-electron chi connectivity index (χ4n) is 2.56. The Morgan fingerprint density at radius 2 is 2.33 bits per heavy atom. The highest BCUT2D eigenvalue weighted by atomic mass is 16.4. The number of nitrogens with two attached hydrogens (primary N) is 1. The lowest BCUT2D eigenvalue weighted by molar-refractivity contribution is 0.0905. The van der Waals surface area contributed by atoms with E-state index in [1.165, 1.54) is 12.8 Å². The van der Waals surface area contributed by atoms with Crippen LogP contribution < -0.4 is 11.3 Å². The Bertz CT molecular complexity index is 426. The molecule has 0 radical (unpaired) electrons. The van der Waals surface area contributed by atoms with E-state index in [9.17, 15) is 4.79 Å². The summed E-state index contributed by atoms with van der Waals surface area (Å²) in [6.45, 7) is 7.47. The Hall–Kier alpha value is -1.33. The summed E-state index contributed by atoms with van der Waals surface area (Å²) in [4.78, 5) is 13.6. The molecule has 5 heteroatoms. The molecule has 0 atom stereocenters. The van der Waals surface area contributed by atoms with Crippen LogP contribution >= 0.6 is 0 Å². The number of hydrogen-bond acceptors (Lipinski definition) is 4. The van der Waals surface area contributed by atoms with Crippen LogP contribution in [0.5, 0.6) is 0 Å². The highest BCUT2D eigenvalue weighted by Gasteiger charge is 2.26. The predicted octanol–water partition coefficient (Wildman–Crippen LogP) is 1.51. The van der Waals surface area contributed by atoms with Crippen LogP contribution in [0.3, 0.4) is 0 Å². The summed E-state index contributed by atoms with van der Waals surface area (Å²) >= 11 is 0. The fourth-order valence-corrected chi connectivity index (χ4v) is 2.56. The molecule has 1 aromatic rings. The molecule has 3 N–H and O–H groups in total. The van der Waals surface area contributed by atoms with E-state index in [1.54, 1.807) is 6.07 Å². The Morgan fingerprint density at radius 3 is 3.00 bits per heavy atom.